The largest absolute Gasteiger partial charge is 0.479 e. The molecule has 0 amide bonds. The Kier molecular flexibility index (Phi) is 29.6. The van der Waals surface area contributed by atoms with Crippen LogP contribution in [-0.2, 0) is 14.3 Å². The number of hydrogen-bond acceptors (Lipinski definition) is 3. The van der Waals surface area contributed by atoms with E-state index in [0.29, 0.717) is 12.8 Å². The third kappa shape index (κ3) is 28.0. The molecular formula is C34H66O4. The highest BCUT2D eigenvalue weighted by atomic mass is 16.6. The van der Waals surface area contributed by atoms with E-state index in [0.717, 1.165) is 38.5 Å². The lowest BCUT2D eigenvalue weighted by molar-refractivity contribution is -0.164. The lowest BCUT2D eigenvalue weighted by atomic mass is 10.0. The van der Waals surface area contributed by atoms with E-state index in [2.05, 4.69) is 13.8 Å². The van der Waals surface area contributed by atoms with Crippen LogP contribution in [0.15, 0.2) is 0 Å². The van der Waals surface area contributed by atoms with Crippen molar-refractivity contribution in [3.8, 4) is 0 Å². The third-order valence-electron chi connectivity index (χ3n) is 7.85. The Labute approximate surface area is 237 Å². The molecule has 0 aliphatic heterocycles. The number of esters is 1. The molecular weight excluding hydrogens is 472 g/mol. The van der Waals surface area contributed by atoms with Crippen molar-refractivity contribution in [3.63, 3.8) is 0 Å². The minimum absolute atomic E-state index is 0.342. The van der Waals surface area contributed by atoms with Crippen molar-refractivity contribution in [1.29, 1.82) is 0 Å². The summed E-state index contributed by atoms with van der Waals surface area (Å²) in [5.74, 6) is -1.34. The SMILES string of the molecule is CCCCCCCCCCCCCCCCCC(=O)OC(CCCCCCCCCCCCCC)C(=O)O. The highest BCUT2D eigenvalue weighted by molar-refractivity contribution is 5.77. The zero-order valence-electron chi connectivity index (χ0n) is 25.8. The monoisotopic (exact) mass is 538 g/mol. The number of carboxylic acids is 1. The van der Waals surface area contributed by atoms with Gasteiger partial charge in [-0.15, -0.1) is 0 Å². The van der Waals surface area contributed by atoms with E-state index in [4.69, 9.17) is 4.74 Å². The highest BCUT2D eigenvalue weighted by Crippen LogP contribution is 2.16. The summed E-state index contributed by atoms with van der Waals surface area (Å²) >= 11 is 0. The van der Waals surface area contributed by atoms with E-state index >= 15 is 0 Å². The number of unbranched alkanes of at least 4 members (excludes halogenated alkanes) is 25. The Bertz CT molecular complexity index is 505. The molecule has 4 nitrogen and oxygen atoms in total. The van der Waals surface area contributed by atoms with Gasteiger partial charge in [-0.25, -0.2) is 4.79 Å². The number of aliphatic carboxylic acids is 1. The molecule has 0 saturated carbocycles. The molecule has 0 saturated heterocycles. The molecule has 0 spiro atoms. The van der Waals surface area contributed by atoms with E-state index in [1.807, 2.05) is 0 Å². The van der Waals surface area contributed by atoms with Crippen LogP contribution >= 0.6 is 0 Å². The fraction of sp³-hybridized carbons (Fsp3) is 0.941. The van der Waals surface area contributed by atoms with Crippen molar-refractivity contribution in [2.75, 3.05) is 0 Å². The fourth-order valence-corrected chi connectivity index (χ4v) is 5.26. The van der Waals surface area contributed by atoms with E-state index in [1.165, 1.54) is 135 Å². The molecule has 0 aliphatic rings. The summed E-state index contributed by atoms with van der Waals surface area (Å²) in [5, 5.41) is 9.43. The second kappa shape index (κ2) is 30.5. The van der Waals surface area contributed by atoms with Crippen LogP contribution in [0.1, 0.15) is 200 Å². The maximum absolute atomic E-state index is 12.1. The minimum atomic E-state index is -1.00. The van der Waals surface area contributed by atoms with Crippen molar-refractivity contribution in [2.24, 2.45) is 0 Å². The molecule has 0 aromatic rings. The molecule has 226 valence electrons. The Morgan fingerprint density at radius 1 is 0.474 bits per heavy atom. The van der Waals surface area contributed by atoms with E-state index in [-0.39, 0.29) is 5.97 Å². The Morgan fingerprint density at radius 3 is 1.08 bits per heavy atom. The van der Waals surface area contributed by atoms with E-state index in [9.17, 15) is 14.7 Å². The van der Waals surface area contributed by atoms with Gasteiger partial charge in [-0.2, -0.15) is 0 Å². The number of hydrogen-bond donors (Lipinski definition) is 1. The maximum Gasteiger partial charge on any atom is 0.345 e. The first-order chi connectivity index (χ1) is 18.6. The van der Waals surface area contributed by atoms with E-state index < -0.39 is 12.1 Å². The van der Waals surface area contributed by atoms with Crippen molar-refractivity contribution in [1.82, 2.24) is 0 Å². The van der Waals surface area contributed by atoms with Gasteiger partial charge in [0.2, 0.25) is 0 Å². The van der Waals surface area contributed by atoms with Crippen LogP contribution in [0.2, 0.25) is 0 Å². The number of rotatable bonds is 31. The predicted molar refractivity (Wildman–Crippen MR) is 163 cm³/mol. The van der Waals surface area contributed by atoms with Crippen molar-refractivity contribution in [3.05, 3.63) is 0 Å². The van der Waals surface area contributed by atoms with Crippen LogP contribution in [-0.4, -0.2) is 23.1 Å². The van der Waals surface area contributed by atoms with Crippen molar-refractivity contribution < 1.29 is 19.4 Å². The lowest BCUT2D eigenvalue weighted by Gasteiger charge is -2.13. The first-order valence-corrected chi connectivity index (χ1v) is 17.0. The van der Waals surface area contributed by atoms with Crippen LogP contribution in [0.4, 0.5) is 0 Å². The summed E-state index contributed by atoms with van der Waals surface area (Å²) in [7, 11) is 0. The smallest absolute Gasteiger partial charge is 0.345 e. The quantitative estimate of drug-likeness (QED) is 0.0704. The second-order valence-corrected chi connectivity index (χ2v) is 11.7. The van der Waals surface area contributed by atoms with Crippen molar-refractivity contribution >= 4 is 11.9 Å². The Balaban J connectivity index is 3.53. The zero-order valence-corrected chi connectivity index (χ0v) is 25.8. The molecule has 0 aromatic heterocycles. The topological polar surface area (TPSA) is 63.6 Å². The summed E-state index contributed by atoms with van der Waals surface area (Å²) in [4.78, 5) is 23.6. The average molecular weight is 539 g/mol. The van der Waals surface area contributed by atoms with Gasteiger partial charge in [0.15, 0.2) is 6.10 Å². The number of carboxylic acid groups (broad SMARTS) is 1. The normalized spacial score (nSPS) is 12.1. The van der Waals surface area contributed by atoms with Gasteiger partial charge in [0.05, 0.1) is 0 Å². The number of carbonyl (C=O) groups is 2. The Morgan fingerprint density at radius 2 is 0.763 bits per heavy atom. The predicted octanol–water partition coefficient (Wildman–Crippen LogP) is 11.3. The van der Waals surface area contributed by atoms with Crippen LogP contribution in [0.25, 0.3) is 0 Å². The van der Waals surface area contributed by atoms with Gasteiger partial charge in [0, 0.05) is 6.42 Å². The highest BCUT2D eigenvalue weighted by Gasteiger charge is 2.21. The molecule has 0 aliphatic carbocycles. The molecule has 38 heavy (non-hydrogen) atoms. The van der Waals surface area contributed by atoms with E-state index in [1.54, 1.807) is 0 Å². The first-order valence-electron chi connectivity index (χ1n) is 17.0. The molecule has 0 aromatic carbocycles. The van der Waals surface area contributed by atoms with Crippen LogP contribution in [0.5, 0.6) is 0 Å². The first kappa shape index (κ1) is 36.9. The number of ether oxygens (including phenoxy) is 1. The van der Waals surface area contributed by atoms with Gasteiger partial charge in [-0.05, 0) is 19.3 Å². The molecule has 1 unspecified atom stereocenters. The van der Waals surface area contributed by atoms with Crippen LogP contribution in [0.3, 0.4) is 0 Å². The fourth-order valence-electron chi connectivity index (χ4n) is 5.26. The lowest BCUT2D eigenvalue weighted by Crippen LogP contribution is -2.27. The van der Waals surface area contributed by atoms with Crippen LogP contribution < -0.4 is 0 Å². The molecule has 0 heterocycles. The molecule has 0 radical (unpaired) electrons. The van der Waals surface area contributed by atoms with Gasteiger partial charge in [-0.3, -0.25) is 4.79 Å². The molecule has 0 bridgehead atoms. The zero-order chi connectivity index (χ0) is 27.9. The van der Waals surface area contributed by atoms with Crippen molar-refractivity contribution in [2.45, 2.75) is 206 Å². The second-order valence-electron chi connectivity index (χ2n) is 11.7. The molecule has 0 rings (SSSR count). The van der Waals surface area contributed by atoms with Gasteiger partial charge >= 0.3 is 11.9 Å². The minimum Gasteiger partial charge on any atom is -0.479 e. The van der Waals surface area contributed by atoms with Gasteiger partial charge in [0.1, 0.15) is 0 Å². The maximum atomic E-state index is 12.1. The Hall–Kier alpha value is -1.06. The van der Waals surface area contributed by atoms with Crippen LogP contribution in [0, 0.1) is 0 Å². The number of carbonyl (C=O) groups excluding carboxylic acids is 1. The van der Waals surface area contributed by atoms with Gasteiger partial charge < -0.3 is 9.84 Å². The summed E-state index contributed by atoms with van der Waals surface area (Å²) in [6, 6.07) is 0. The summed E-state index contributed by atoms with van der Waals surface area (Å²) in [6.45, 7) is 4.52. The summed E-state index contributed by atoms with van der Waals surface area (Å²) < 4.78 is 5.29. The molecule has 4 heteroatoms. The third-order valence-corrected chi connectivity index (χ3v) is 7.85. The summed E-state index contributed by atoms with van der Waals surface area (Å²) in [6.07, 6.45) is 34.1. The van der Waals surface area contributed by atoms with Gasteiger partial charge in [0.25, 0.3) is 0 Å². The molecule has 1 N–H and O–H groups in total. The molecule has 0 fully saturated rings. The molecule has 1 atom stereocenters. The standard InChI is InChI=1S/C34H66O4/c1-3-5-7-9-11-13-15-17-18-19-21-23-25-27-29-31-33(35)38-32(34(36)37)30-28-26-24-22-20-16-14-12-10-8-6-4-2/h32H,3-31H2,1-2H3,(H,36,37). The van der Waals surface area contributed by atoms with Gasteiger partial charge in [-0.1, -0.05) is 174 Å². The average Bonchev–Trinajstić information content (AvgIpc) is 2.90. The summed E-state index contributed by atoms with van der Waals surface area (Å²) in [5.41, 5.74) is 0.